The predicted octanol–water partition coefficient (Wildman–Crippen LogP) is 2.87. The molecule has 3 unspecified atom stereocenters. The molecule has 0 spiro atoms. The Bertz CT molecular complexity index is 1790. The molecule has 0 aromatic heterocycles. The molecular weight excluding hydrogens is 663 g/mol. The van der Waals surface area contributed by atoms with Crippen molar-refractivity contribution in [3.05, 3.63) is 76.9 Å². The van der Waals surface area contributed by atoms with Gasteiger partial charge < -0.3 is 25.7 Å². The van der Waals surface area contributed by atoms with Crippen LogP contribution in [0.15, 0.2) is 59.5 Å². The Hall–Kier alpha value is -3.26. The van der Waals surface area contributed by atoms with Gasteiger partial charge in [-0.25, -0.2) is 8.42 Å². The molecule has 3 atom stereocenters. The van der Waals surface area contributed by atoms with Crippen LogP contribution in [0.2, 0.25) is 0 Å². The molecule has 1 fully saturated rings. The highest BCUT2D eigenvalue weighted by atomic mass is 32.2. The first-order valence-corrected chi connectivity index (χ1v) is 19.6. The smallest absolute Gasteiger partial charge is 0.335 e. The number of piperidine rings is 1. The zero-order chi connectivity index (χ0) is 34.5. The number of amides is 3. The van der Waals surface area contributed by atoms with Gasteiger partial charge in [0.15, 0.2) is 0 Å². The highest BCUT2D eigenvalue weighted by Crippen LogP contribution is 2.39. The minimum absolute atomic E-state index is 0.00631. The number of likely N-dealkylation sites (tertiary alicyclic amines) is 1. The second-order valence-corrected chi connectivity index (χ2v) is 16.7. The normalized spacial score (nSPS) is 16.9. The van der Waals surface area contributed by atoms with Crippen molar-refractivity contribution in [2.75, 3.05) is 17.8 Å². The number of primary amides is 1. The van der Waals surface area contributed by atoms with E-state index in [2.05, 4.69) is 10.0 Å². The van der Waals surface area contributed by atoms with Gasteiger partial charge in [0.2, 0.25) is 27.7 Å². The van der Waals surface area contributed by atoms with Gasteiger partial charge in [0.05, 0.1) is 10.4 Å². The Morgan fingerprint density at radius 3 is 2.30 bits per heavy atom. The monoisotopic (exact) mass is 704 g/mol. The van der Waals surface area contributed by atoms with Crippen LogP contribution in [0.5, 0.6) is 0 Å². The van der Waals surface area contributed by atoms with Crippen LogP contribution in [0, 0.1) is 20.8 Å². The molecule has 254 valence electrons. The summed E-state index contributed by atoms with van der Waals surface area (Å²) in [6, 6.07) is 13.3. The van der Waals surface area contributed by atoms with Gasteiger partial charge in [0.1, 0.15) is 18.1 Å². The van der Waals surface area contributed by atoms with Crippen molar-refractivity contribution in [3.8, 4) is 0 Å². The Labute approximate surface area is 279 Å². The zero-order valence-corrected chi connectivity index (χ0v) is 29.0. The molecular formula is C32H41N4O8PS2. The summed E-state index contributed by atoms with van der Waals surface area (Å²) < 4.78 is 41.3. The summed E-state index contributed by atoms with van der Waals surface area (Å²) in [5.41, 5.74) is 7.66. The van der Waals surface area contributed by atoms with Gasteiger partial charge in [0.25, 0.3) is 0 Å². The van der Waals surface area contributed by atoms with E-state index in [0.717, 1.165) is 33.7 Å². The summed E-state index contributed by atoms with van der Waals surface area (Å²) >= 11 is 0.734. The second-order valence-electron chi connectivity index (χ2n) is 12.0. The van der Waals surface area contributed by atoms with Crippen LogP contribution >= 0.6 is 19.4 Å². The van der Waals surface area contributed by atoms with Crippen molar-refractivity contribution in [1.29, 1.82) is 0 Å². The van der Waals surface area contributed by atoms with E-state index in [1.54, 1.807) is 26.0 Å². The average molecular weight is 705 g/mol. The summed E-state index contributed by atoms with van der Waals surface area (Å²) in [5.74, 6) is -2.34. The highest BCUT2D eigenvalue weighted by Gasteiger charge is 2.39. The number of nitrogens with one attached hydrogen (secondary N) is 2. The predicted molar refractivity (Wildman–Crippen MR) is 182 cm³/mol. The largest absolute Gasteiger partial charge is 0.368 e. The number of benzene rings is 3. The molecule has 4 rings (SSSR count). The molecule has 1 aliphatic heterocycles. The van der Waals surface area contributed by atoms with Gasteiger partial charge in [-0.05, 0) is 67.5 Å². The highest BCUT2D eigenvalue weighted by molar-refractivity contribution is 8.04. The topological polar surface area (TPSA) is 196 Å². The number of carbonyl (C=O) groups excluding carboxylic acids is 3. The number of hydrogen-bond acceptors (Lipinski definition) is 7. The maximum Gasteiger partial charge on any atom is 0.335 e. The SMILES string of the molecule is Cc1cc(C)c(S(=O)(=O)NC(CSCP(=O)(O)O)C(=O)N2CCCCC2C(=O)NC(Cc2ccc3ccccc3c2)C(N)=O)c(C)c1. The molecule has 0 radical (unpaired) electrons. The molecule has 3 amide bonds. The molecule has 0 bridgehead atoms. The van der Waals surface area contributed by atoms with Crippen molar-refractivity contribution in [2.45, 2.75) is 69.5 Å². The summed E-state index contributed by atoms with van der Waals surface area (Å²) in [4.78, 5) is 60.3. The van der Waals surface area contributed by atoms with Crippen LogP contribution in [0.1, 0.15) is 41.5 Å². The van der Waals surface area contributed by atoms with Gasteiger partial charge in [-0.15, -0.1) is 11.8 Å². The first kappa shape index (κ1) is 36.6. The number of fused-ring (bicyclic) bond motifs is 1. The molecule has 6 N–H and O–H groups in total. The lowest BCUT2D eigenvalue weighted by Crippen LogP contribution is -2.60. The van der Waals surface area contributed by atoms with Crippen molar-refractivity contribution in [1.82, 2.24) is 14.9 Å². The van der Waals surface area contributed by atoms with Crippen LogP contribution in [0.3, 0.4) is 0 Å². The minimum Gasteiger partial charge on any atom is -0.368 e. The first-order valence-electron chi connectivity index (χ1n) is 15.2. The lowest BCUT2D eigenvalue weighted by molar-refractivity contribution is -0.143. The van der Waals surface area contributed by atoms with Gasteiger partial charge in [-0.2, -0.15) is 4.72 Å². The third-order valence-electron chi connectivity index (χ3n) is 8.02. The number of rotatable bonds is 13. The first-order chi connectivity index (χ1) is 22.1. The number of thioether (sulfide) groups is 1. The molecule has 1 aliphatic rings. The van der Waals surface area contributed by atoms with E-state index in [-0.39, 0.29) is 30.0 Å². The summed E-state index contributed by atoms with van der Waals surface area (Å²) in [7, 11) is -8.73. The van der Waals surface area contributed by atoms with Crippen molar-refractivity contribution >= 4 is 57.9 Å². The molecule has 1 heterocycles. The summed E-state index contributed by atoms with van der Waals surface area (Å²) in [5, 5.41) is 4.69. The second kappa shape index (κ2) is 15.3. The van der Waals surface area contributed by atoms with Crippen molar-refractivity contribution in [3.63, 3.8) is 0 Å². The lowest BCUT2D eigenvalue weighted by Gasteiger charge is -2.37. The Balaban J connectivity index is 1.57. The molecule has 0 aliphatic carbocycles. The summed E-state index contributed by atoms with van der Waals surface area (Å²) in [6.45, 7) is 5.27. The maximum absolute atomic E-state index is 14.1. The Morgan fingerprint density at radius 1 is 1.00 bits per heavy atom. The van der Waals surface area contributed by atoms with E-state index in [1.165, 1.54) is 4.90 Å². The fourth-order valence-electron chi connectivity index (χ4n) is 6.04. The van der Waals surface area contributed by atoms with Crippen LogP contribution in [-0.2, 0) is 35.4 Å². The average Bonchev–Trinajstić information content (AvgIpc) is 2.98. The molecule has 0 saturated carbocycles. The fourth-order valence-corrected chi connectivity index (χ4v) is 9.62. The molecule has 3 aromatic carbocycles. The zero-order valence-electron chi connectivity index (χ0n) is 26.5. The van der Waals surface area contributed by atoms with Gasteiger partial charge in [-0.1, -0.05) is 60.2 Å². The van der Waals surface area contributed by atoms with E-state index in [1.807, 2.05) is 49.4 Å². The number of nitrogens with zero attached hydrogens (tertiary/aromatic N) is 1. The van der Waals surface area contributed by atoms with Gasteiger partial charge in [0, 0.05) is 18.7 Å². The third-order valence-corrected chi connectivity index (χ3v) is 12.4. The van der Waals surface area contributed by atoms with E-state index < -0.39 is 59.0 Å². The Kier molecular flexibility index (Phi) is 11.9. The van der Waals surface area contributed by atoms with E-state index in [9.17, 15) is 37.2 Å². The van der Waals surface area contributed by atoms with Crippen LogP contribution in [-0.4, -0.2) is 76.7 Å². The standard InChI is InChI=1S/C32H41N4O8PS2/c1-20-14-21(2)29(22(3)15-20)47(43,44)35-27(18-46-19-45(40,41)42)32(39)36-13-7-6-10-28(36)31(38)34-26(30(33)37)17-23-11-12-24-8-4-5-9-25(24)16-23/h4-5,8-9,11-12,14-16,26-28,35H,6-7,10,13,17-19H2,1-3H3,(H2,33,37)(H,34,38)(H2,40,41,42). The molecule has 12 nitrogen and oxygen atoms in total. The quantitative estimate of drug-likeness (QED) is 0.166. The number of sulfonamides is 1. The Morgan fingerprint density at radius 2 is 1.66 bits per heavy atom. The summed E-state index contributed by atoms with van der Waals surface area (Å²) in [6.07, 6.45) is 1.56. The van der Waals surface area contributed by atoms with Crippen LogP contribution in [0.4, 0.5) is 0 Å². The van der Waals surface area contributed by atoms with Crippen molar-refractivity contribution < 1.29 is 37.2 Å². The van der Waals surface area contributed by atoms with Gasteiger partial charge in [-0.3, -0.25) is 18.9 Å². The van der Waals surface area contributed by atoms with E-state index >= 15 is 0 Å². The molecule has 3 aromatic rings. The lowest BCUT2D eigenvalue weighted by atomic mass is 9.98. The fraction of sp³-hybridized carbons (Fsp3) is 0.406. The third kappa shape index (κ3) is 9.65. The molecule has 1 saturated heterocycles. The van der Waals surface area contributed by atoms with E-state index in [4.69, 9.17) is 5.73 Å². The number of aryl methyl sites for hydroxylation is 3. The number of carbonyl (C=O) groups is 3. The number of hydrogen-bond donors (Lipinski definition) is 5. The molecule has 15 heteroatoms. The van der Waals surface area contributed by atoms with Crippen LogP contribution < -0.4 is 15.8 Å². The van der Waals surface area contributed by atoms with Gasteiger partial charge >= 0.3 is 7.60 Å². The van der Waals surface area contributed by atoms with Crippen LogP contribution in [0.25, 0.3) is 10.8 Å². The molecule has 47 heavy (non-hydrogen) atoms. The van der Waals surface area contributed by atoms with Crippen molar-refractivity contribution in [2.24, 2.45) is 5.73 Å². The van der Waals surface area contributed by atoms with E-state index in [0.29, 0.717) is 24.0 Å². The number of nitrogens with two attached hydrogens (primary N) is 1. The maximum atomic E-state index is 14.1. The minimum atomic E-state index is -4.46.